The van der Waals surface area contributed by atoms with Crippen LogP contribution in [0.3, 0.4) is 0 Å². The first-order valence-electron chi connectivity index (χ1n) is 4.18. The van der Waals surface area contributed by atoms with Gasteiger partial charge in [-0.2, -0.15) is 0 Å². The van der Waals surface area contributed by atoms with Gasteiger partial charge in [0.15, 0.2) is 0 Å². The summed E-state index contributed by atoms with van der Waals surface area (Å²) in [6.45, 7) is 0. The van der Waals surface area contributed by atoms with Gasteiger partial charge in [0.05, 0.1) is 12.2 Å². The Morgan fingerprint density at radius 1 is 1.00 bits per heavy atom. The fourth-order valence-corrected chi connectivity index (χ4v) is 1.78. The van der Waals surface area contributed by atoms with Gasteiger partial charge < -0.3 is 10.5 Å². The molecule has 2 fully saturated rings. The van der Waals surface area contributed by atoms with Crippen molar-refractivity contribution in [2.75, 3.05) is 7.05 Å². The summed E-state index contributed by atoms with van der Waals surface area (Å²) < 4.78 is 5.60. The highest BCUT2D eigenvalue weighted by Gasteiger charge is 2.28. The molecule has 2 N–H and O–H groups in total. The highest BCUT2D eigenvalue weighted by Crippen LogP contribution is 2.31. The van der Waals surface area contributed by atoms with Crippen molar-refractivity contribution >= 4 is 0 Å². The maximum Gasteiger partial charge on any atom is 0.0579 e. The van der Waals surface area contributed by atoms with Crippen molar-refractivity contribution in [2.24, 2.45) is 5.73 Å². The lowest BCUT2D eigenvalue weighted by molar-refractivity contribution is 0.00575. The minimum Gasteiger partial charge on any atom is -0.375 e. The average molecular weight is 143 g/mol. The second-order valence-electron chi connectivity index (χ2n) is 2.89. The molecule has 2 saturated heterocycles. The summed E-state index contributed by atoms with van der Waals surface area (Å²) in [7, 11) is 1.50. The lowest BCUT2D eigenvalue weighted by Crippen LogP contribution is -2.16. The summed E-state index contributed by atoms with van der Waals surface area (Å²) in [4.78, 5) is 0. The number of hydrogen-bond acceptors (Lipinski definition) is 2. The highest BCUT2D eigenvalue weighted by atomic mass is 16.5. The zero-order valence-corrected chi connectivity index (χ0v) is 6.68. The van der Waals surface area contributed by atoms with E-state index in [0.717, 1.165) is 0 Å². The van der Waals surface area contributed by atoms with Gasteiger partial charge in [-0.05, 0) is 39.2 Å². The molecule has 2 unspecified atom stereocenters. The van der Waals surface area contributed by atoms with Gasteiger partial charge in [0, 0.05) is 0 Å². The minimum absolute atomic E-state index is 0.661. The number of ether oxygens (including phenoxy) is 1. The first-order valence-corrected chi connectivity index (χ1v) is 4.18. The Hall–Kier alpha value is -0.0800. The van der Waals surface area contributed by atoms with Crippen LogP contribution in [0.1, 0.15) is 32.1 Å². The molecule has 0 aromatic rings. The third kappa shape index (κ3) is 1.70. The minimum atomic E-state index is 0.661. The van der Waals surface area contributed by atoms with Gasteiger partial charge in [-0.25, -0.2) is 0 Å². The Morgan fingerprint density at radius 2 is 1.50 bits per heavy atom. The Bertz CT molecular complexity index is 81.3. The van der Waals surface area contributed by atoms with Crippen molar-refractivity contribution < 1.29 is 4.74 Å². The third-order valence-corrected chi connectivity index (χ3v) is 2.25. The molecule has 60 valence electrons. The van der Waals surface area contributed by atoms with Crippen LogP contribution in [0, 0.1) is 0 Å². The van der Waals surface area contributed by atoms with Gasteiger partial charge >= 0.3 is 0 Å². The van der Waals surface area contributed by atoms with Crippen molar-refractivity contribution in [2.45, 2.75) is 44.3 Å². The van der Waals surface area contributed by atoms with Crippen molar-refractivity contribution in [1.29, 1.82) is 0 Å². The molecule has 0 aliphatic carbocycles. The van der Waals surface area contributed by atoms with Crippen LogP contribution < -0.4 is 5.73 Å². The molecule has 2 nitrogen and oxygen atoms in total. The van der Waals surface area contributed by atoms with Gasteiger partial charge in [0.25, 0.3) is 0 Å². The Morgan fingerprint density at radius 3 is 1.90 bits per heavy atom. The number of nitrogens with two attached hydrogens (primary N) is 1. The Balaban J connectivity index is 0.000000231. The summed E-state index contributed by atoms with van der Waals surface area (Å²) >= 11 is 0. The molecule has 0 saturated carbocycles. The topological polar surface area (TPSA) is 35.2 Å². The standard InChI is InChI=1S/C7H12O.CH5N/c1-2-6-4-5-7(3-1)8-6;1-2/h6-7H,1-5H2;2H2,1H3. The van der Waals surface area contributed by atoms with Crippen LogP contribution in [0.5, 0.6) is 0 Å². The zero-order valence-electron chi connectivity index (χ0n) is 6.68. The SMILES string of the molecule is C1CC2CCC(C1)O2.CN. The van der Waals surface area contributed by atoms with Crippen LogP contribution in [0.4, 0.5) is 0 Å². The van der Waals surface area contributed by atoms with E-state index < -0.39 is 0 Å². The smallest absolute Gasteiger partial charge is 0.0579 e. The number of rotatable bonds is 0. The molecule has 10 heavy (non-hydrogen) atoms. The van der Waals surface area contributed by atoms with Crippen LogP contribution >= 0.6 is 0 Å². The fourth-order valence-electron chi connectivity index (χ4n) is 1.78. The lowest BCUT2D eigenvalue weighted by atomic mass is 10.1. The Labute approximate surface area is 62.7 Å². The molecule has 0 aromatic heterocycles. The summed E-state index contributed by atoms with van der Waals surface area (Å²) in [5, 5.41) is 0. The highest BCUT2D eigenvalue weighted by molar-refractivity contribution is 4.78. The van der Waals surface area contributed by atoms with E-state index >= 15 is 0 Å². The molecule has 2 heteroatoms. The first kappa shape index (κ1) is 8.02. The van der Waals surface area contributed by atoms with Gasteiger partial charge in [0.2, 0.25) is 0 Å². The van der Waals surface area contributed by atoms with Gasteiger partial charge in [-0.15, -0.1) is 0 Å². The lowest BCUT2D eigenvalue weighted by Gasteiger charge is -2.18. The fraction of sp³-hybridized carbons (Fsp3) is 1.00. The maximum absolute atomic E-state index is 5.60. The van der Waals surface area contributed by atoms with Crippen LogP contribution in [0.2, 0.25) is 0 Å². The number of fused-ring (bicyclic) bond motifs is 2. The van der Waals surface area contributed by atoms with E-state index in [-0.39, 0.29) is 0 Å². The summed E-state index contributed by atoms with van der Waals surface area (Å²) in [6.07, 6.45) is 8.07. The molecule has 0 radical (unpaired) electrons. The second kappa shape index (κ2) is 3.94. The van der Waals surface area contributed by atoms with E-state index in [1.165, 1.54) is 39.2 Å². The molecule has 2 atom stereocenters. The van der Waals surface area contributed by atoms with Gasteiger partial charge in [-0.3, -0.25) is 0 Å². The van der Waals surface area contributed by atoms with Crippen molar-refractivity contribution in [1.82, 2.24) is 0 Å². The second-order valence-corrected chi connectivity index (χ2v) is 2.89. The van der Waals surface area contributed by atoms with Gasteiger partial charge in [-0.1, -0.05) is 0 Å². The molecule has 2 rings (SSSR count). The first-order chi connectivity index (χ1) is 4.95. The third-order valence-electron chi connectivity index (χ3n) is 2.25. The molecule has 2 aliphatic rings. The van der Waals surface area contributed by atoms with E-state index in [1.54, 1.807) is 0 Å². The molecular weight excluding hydrogens is 126 g/mol. The largest absolute Gasteiger partial charge is 0.375 e. The summed E-state index contributed by atoms with van der Waals surface area (Å²) in [6, 6.07) is 0. The zero-order chi connectivity index (χ0) is 7.40. The summed E-state index contributed by atoms with van der Waals surface area (Å²) in [5.74, 6) is 0. The normalized spacial score (nSPS) is 36.6. The molecule has 2 heterocycles. The molecule has 2 aliphatic heterocycles. The van der Waals surface area contributed by atoms with Crippen molar-refractivity contribution in [3.05, 3.63) is 0 Å². The maximum atomic E-state index is 5.60. The van der Waals surface area contributed by atoms with E-state index in [9.17, 15) is 0 Å². The van der Waals surface area contributed by atoms with Gasteiger partial charge in [0.1, 0.15) is 0 Å². The number of hydrogen-bond donors (Lipinski definition) is 1. The molecule has 0 aromatic carbocycles. The molecular formula is C8H17NO. The van der Waals surface area contributed by atoms with Crippen LogP contribution in [-0.4, -0.2) is 19.3 Å². The van der Waals surface area contributed by atoms with E-state index in [1.807, 2.05) is 0 Å². The average Bonchev–Trinajstić information content (AvgIpc) is 2.35. The summed E-state index contributed by atoms with van der Waals surface area (Å²) in [5.41, 5.74) is 4.50. The van der Waals surface area contributed by atoms with Crippen LogP contribution in [0.15, 0.2) is 0 Å². The predicted octanol–water partition coefficient (Wildman–Crippen LogP) is 1.29. The Kier molecular flexibility index (Phi) is 3.16. The quantitative estimate of drug-likeness (QED) is 0.554. The van der Waals surface area contributed by atoms with Crippen LogP contribution in [-0.2, 0) is 4.74 Å². The van der Waals surface area contributed by atoms with E-state index in [4.69, 9.17) is 4.74 Å². The van der Waals surface area contributed by atoms with Crippen molar-refractivity contribution in [3.63, 3.8) is 0 Å². The molecule has 2 bridgehead atoms. The monoisotopic (exact) mass is 143 g/mol. The predicted molar refractivity (Wildman–Crippen MR) is 41.9 cm³/mol. The molecule has 0 spiro atoms. The van der Waals surface area contributed by atoms with E-state index in [2.05, 4.69) is 5.73 Å². The molecule has 0 amide bonds. The van der Waals surface area contributed by atoms with Crippen molar-refractivity contribution in [3.8, 4) is 0 Å². The van der Waals surface area contributed by atoms with E-state index in [0.29, 0.717) is 12.2 Å². The van der Waals surface area contributed by atoms with Crippen LogP contribution in [0.25, 0.3) is 0 Å².